The highest BCUT2D eigenvalue weighted by atomic mass is 79.9. The Morgan fingerprint density at radius 1 is 1.22 bits per heavy atom. The molecular formula is C14H23BrO12. The number of rotatable bonds is 5. The van der Waals surface area contributed by atoms with Crippen molar-refractivity contribution in [2.45, 2.75) is 60.1 Å². The van der Waals surface area contributed by atoms with Gasteiger partial charge in [-0.1, -0.05) is 0 Å². The second-order valence-corrected chi connectivity index (χ2v) is 7.58. The maximum Gasteiger partial charge on any atom is 0.304 e. The van der Waals surface area contributed by atoms with E-state index in [-0.39, 0.29) is 0 Å². The van der Waals surface area contributed by atoms with Gasteiger partial charge in [-0.25, -0.2) is 0 Å². The zero-order chi connectivity index (χ0) is 20.6. The van der Waals surface area contributed by atoms with Crippen LogP contribution in [0.2, 0.25) is 0 Å². The second-order valence-electron chi connectivity index (χ2n) is 6.34. The summed E-state index contributed by atoms with van der Waals surface area (Å²) in [6.45, 7) is -1.29. The van der Waals surface area contributed by atoms with Crippen molar-refractivity contribution in [1.29, 1.82) is 0 Å². The molecule has 0 bridgehead atoms. The van der Waals surface area contributed by atoms with Gasteiger partial charge in [0.2, 0.25) is 16.6 Å². The fourth-order valence-corrected chi connectivity index (χ4v) is 3.56. The minimum atomic E-state index is -2.46. The first-order chi connectivity index (χ1) is 12.5. The van der Waals surface area contributed by atoms with E-state index >= 15 is 0 Å². The number of aliphatic hydroxyl groups is 7. The molecule has 0 aromatic rings. The zero-order valence-electron chi connectivity index (χ0n) is 14.2. The lowest BCUT2D eigenvalue weighted by molar-refractivity contribution is -0.390. The van der Waals surface area contributed by atoms with Crippen molar-refractivity contribution in [1.82, 2.24) is 0 Å². The van der Waals surface area contributed by atoms with E-state index < -0.39 is 79.0 Å². The number of hydrogen-bond donors (Lipinski definition) is 7. The van der Waals surface area contributed by atoms with Crippen molar-refractivity contribution < 1.29 is 59.5 Å². The van der Waals surface area contributed by atoms with E-state index in [1.54, 1.807) is 0 Å². The summed E-state index contributed by atoms with van der Waals surface area (Å²) in [4.78, 5) is 11.4. The molecule has 0 aliphatic carbocycles. The van der Waals surface area contributed by atoms with Gasteiger partial charge in [-0.3, -0.25) is 4.79 Å². The van der Waals surface area contributed by atoms with Gasteiger partial charge in [-0.15, -0.1) is 0 Å². The van der Waals surface area contributed by atoms with Crippen molar-refractivity contribution in [2.75, 3.05) is 19.8 Å². The quantitative estimate of drug-likeness (QED) is 0.154. The van der Waals surface area contributed by atoms with Gasteiger partial charge in [0.05, 0.1) is 19.8 Å². The summed E-state index contributed by atoms with van der Waals surface area (Å²) in [6, 6.07) is 0. The third-order valence-corrected chi connectivity index (χ3v) is 5.36. The number of alkyl halides is 1. The fourth-order valence-electron chi connectivity index (χ4n) is 2.85. The van der Waals surface area contributed by atoms with E-state index in [4.69, 9.17) is 18.9 Å². The van der Waals surface area contributed by atoms with Gasteiger partial charge in [-0.05, 0) is 15.9 Å². The van der Waals surface area contributed by atoms with Crippen LogP contribution in [0.4, 0.5) is 0 Å². The Kier molecular flexibility index (Phi) is 7.19. The number of aliphatic hydroxyl groups excluding tert-OH is 6. The van der Waals surface area contributed by atoms with Crippen molar-refractivity contribution in [2.24, 2.45) is 0 Å². The maximum atomic E-state index is 11.4. The van der Waals surface area contributed by atoms with Gasteiger partial charge in [0.1, 0.15) is 36.6 Å². The van der Waals surface area contributed by atoms with Crippen LogP contribution in [-0.2, 0) is 23.7 Å². The van der Waals surface area contributed by atoms with Crippen LogP contribution in [0.5, 0.6) is 0 Å². The molecule has 13 heteroatoms. The number of carbonyl (C=O) groups excluding carboxylic acids is 1. The summed E-state index contributed by atoms with van der Waals surface area (Å²) in [5, 5.41) is 69.4. The Morgan fingerprint density at radius 2 is 1.85 bits per heavy atom. The highest BCUT2D eigenvalue weighted by Gasteiger charge is 2.61. The van der Waals surface area contributed by atoms with Gasteiger partial charge in [-0.2, -0.15) is 0 Å². The first kappa shape index (κ1) is 22.8. The molecule has 27 heavy (non-hydrogen) atoms. The van der Waals surface area contributed by atoms with Crippen LogP contribution in [0.3, 0.4) is 0 Å². The van der Waals surface area contributed by atoms with Crippen LogP contribution in [0, 0.1) is 0 Å². The third-order valence-electron chi connectivity index (χ3n) is 4.36. The molecule has 0 spiro atoms. The minimum Gasteiger partial charge on any atom is -0.439 e. The smallest absolute Gasteiger partial charge is 0.304 e. The van der Waals surface area contributed by atoms with Gasteiger partial charge in [0.15, 0.2) is 0 Å². The van der Waals surface area contributed by atoms with E-state index in [0.29, 0.717) is 0 Å². The SMILES string of the molecule is CC(=O)O[C@@]1(Br)[C@@H](O[C@H]2[C@H](O)[C@H](O)COC2(O)CO)O[C@H](CO)[C@@H](O)[C@@H]1O. The van der Waals surface area contributed by atoms with Crippen molar-refractivity contribution in [3.63, 3.8) is 0 Å². The zero-order valence-corrected chi connectivity index (χ0v) is 15.8. The molecule has 0 radical (unpaired) electrons. The first-order valence-electron chi connectivity index (χ1n) is 8.00. The molecular weight excluding hydrogens is 440 g/mol. The molecule has 0 amide bonds. The summed E-state index contributed by atoms with van der Waals surface area (Å²) in [5.74, 6) is -3.36. The van der Waals surface area contributed by atoms with Crippen LogP contribution in [0.25, 0.3) is 0 Å². The lowest BCUT2D eigenvalue weighted by atomic mass is 9.95. The van der Waals surface area contributed by atoms with Crippen LogP contribution in [-0.4, -0.2) is 115 Å². The second kappa shape index (κ2) is 8.51. The monoisotopic (exact) mass is 462 g/mol. The summed E-state index contributed by atoms with van der Waals surface area (Å²) in [6.07, 6.45) is -11.8. The van der Waals surface area contributed by atoms with E-state index in [1.807, 2.05) is 0 Å². The van der Waals surface area contributed by atoms with Crippen LogP contribution < -0.4 is 0 Å². The Hall–Kier alpha value is -0.450. The third kappa shape index (κ3) is 4.28. The van der Waals surface area contributed by atoms with Crippen molar-refractivity contribution >= 4 is 21.9 Å². The molecule has 9 atom stereocenters. The Labute approximate surface area is 162 Å². The average molecular weight is 463 g/mol. The highest BCUT2D eigenvalue weighted by Crippen LogP contribution is 2.41. The fraction of sp³-hybridized carbons (Fsp3) is 0.929. The molecule has 0 aromatic heterocycles. The Balaban J connectivity index is 2.36. The van der Waals surface area contributed by atoms with E-state index in [2.05, 4.69) is 15.9 Å². The first-order valence-corrected chi connectivity index (χ1v) is 8.79. The van der Waals surface area contributed by atoms with Crippen LogP contribution in [0.15, 0.2) is 0 Å². The van der Waals surface area contributed by atoms with Crippen LogP contribution in [0.1, 0.15) is 6.92 Å². The summed E-state index contributed by atoms with van der Waals surface area (Å²) in [5.41, 5.74) is 0. The molecule has 0 aromatic carbocycles. The highest BCUT2D eigenvalue weighted by molar-refractivity contribution is 9.10. The predicted molar refractivity (Wildman–Crippen MR) is 86.1 cm³/mol. The molecule has 12 nitrogen and oxygen atoms in total. The molecule has 1 unspecified atom stereocenters. The van der Waals surface area contributed by atoms with Crippen LogP contribution >= 0.6 is 15.9 Å². The lowest BCUT2D eigenvalue weighted by Crippen LogP contribution is -2.70. The molecule has 2 aliphatic rings. The summed E-state index contributed by atoms with van der Waals surface area (Å²) in [7, 11) is 0. The molecule has 2 saturated heterocycles. The average Bonchev–Trinajstić information content (AvgIpc) is 2.61. The van der Waals surface area contributed by atoms with Gasteiger partial charge in [0, 0.05) is 6.92 Å². The molecule has 2 fully saturated rings. The molecule has 2 rings (SSSR count). The molecule has 7 N–H and O–H groups in total. The van der Waals surface area contributed by atoms with E-state index in [0.717, 1.165) is 6.92 Å². The molecule has 2 aliphatic heterocycles. The van der Waals surface area contributed by atoms with Gasteiger partial charge >= 0.3 is 5.97 Å². The number of esters is 1. The number of ether oxygens (including phenoxy) is 4. The summed E-state index contributed by atoms with van der Waals surface area (Å²) < 4.78 is 18.4. The van der Waals surface area contributed by atoms with Gasteiger partial charge in [0.25, 0.3) is 0 Å². The standard InChI is InChI=1S/C14H23BrO12/c1-5(18)27-14(15)10(22)9(21)7(2-16)25-12(14)26-11-8(20)6(19)3-24-13(11,23)4-17/h6-12,16-17,19-23H,2-4H2,1H3/t6-,7-,8-,9-,10+,11+,12-,13?,14-/m1/s1. The topological polar surface area (TPSA) is 196 Å². The lowest BCUT2D eigenvalue weighted by Gasteiger charge is -2.50. The van der Waals surface area contributed by atoms with E-state index in [1.165, 1.54) is 0 Å². The molecule has 0 saturated carbocycles. The normalized spacial score (nSPS) is 48.3. The molecule has 158 valence electrons. The Bertz CT molecular complexity index is 536. The Morgan fingerprint density at radius 3 is 2.37 bits per heavy atom. The minimum absolute atomic E-state index is 0.506. The number of carbonyl (C=O) groups is 1. The van der Waals surface area contributed by atoms with Crippen molar-refractivity contribution in [3.05, 3.63) is 0 Å². The van der Waals surface area contributed by atoms with E-state index in [9.17, 15) is 40.5 Å². The predicted octanol–water partition coefficient (Wildman–Crippen LogP) is -4.10. The summed E-state index contributed by atoms with van der Waals surface area (Å²) >= 11 is 2.93. The largest absolute Gasteiger partial charge is 0.439 e. The van der Waals surface area contributed by atoms with Crippen molar-refractivity contribution in [3.8, 4) is 0 Å². The maximum absolute atomic E-state index is 11.4. The van der Waals surface area contributed by atoms with Gasteiger partial charge < -0.3 is 54.7 Å². The molecule has 2 heterocycles. The number of halogens is 1. The number of hydrogen-bond acceptors (Lipinski definition) is 12.